The fourth-order valence-electron chi connectivity index (χ4n) is 3.28. The van der Waals surface area contributed by atoms with Crippen molar-refractivity contribution >= 4 is 15.7 Å². The van der Waals surface area contributed by atoms with Gasteiger partial charge in [-0.3, -0.25) is 15.0 Å². The molecule has 1 fully saturated rings. The average molecular weight is 369 g/mol. The third-order valence-corrected chi connectivity index (χ3v) is 6.30. The molecule has 1 atom stereocenters. The fraction of sp³-hybridized carbons (Fsp3) is 0.647. The van der Waals surface area contributed by atoms with Gasteiger partial charge in [-0.2, -0.15) is 0 Å². The maximum absolute atomic E-state index is 12.6. The second kappa shape index (κ2) is 8.73. The van der Waals surface area contributed by atoms with Crippen LogP contribution < -0.4 is 4.72 Å². The van der Waals surface area contributed by atoms with Gasteiger partial charge in [0.15, 0.2) is 0 Å². The summed E-state index contributed by atoms with van der Waals surface area (Å²) in [5.74, 6) is 0. The molecular weight excluding hydrogens is 342 g/mol. The molecule has 1 saturated heterocycles. The van der Waals surface area contributed by atoms with E-state index in [0.29, 0.717) is 12.1 Å². The molecule has 1 N–H and O–H groups in total. The van der Waals surface area contributed by atoms with Gasteiger partial charge in [0.2, 0.25) is 10.0 Å². The Morgan fingerprint density at radius 3 is 2.76 bits per heavy atom. The Morgan fingerprint density at radius 2 is 2.12 bits per heavy atom. The molecule has 0 bridgehead atoms. The lowest BCUT2D eigenvalue weighted by Gasteiger charge is -2.35. The van der Waals surface area contributed by atoms with Crippen molar-refractivity contribution in [3.8, 4) is 0 Å². The van der Waals surface area contributed by atoms with Crippen LogP contribution in [0.25, 0.3) is 0 Å². The van der Waals surface area contributed by atoms with Gasteiger partial charge < -0.3 is 0 Å². The average Bonchev–Trinajstić information content (AvgIpc) is 2.58. The largest absolute Gasteiger partial charge is 0.299 e. The first-order valence-electron chi connectivity index (χ1n) is 8.84. The number of sulfonamides is 1. The molecule has 25 heavy (non-hydrogen) atoms. The maximum atomic E-state index is 12.6. The van der Waals surface area contributed by atoms with Crippen LogP contribution in [0.5, 0.6) is 0 Å². The number of likely N-dealkylation sites (tertiary alicyclic amines) is 1. The van der Waals surface area contributed by atoms with Crippen LogP contribution in [0.4, 0.5) is 5.69 Å². The number of benzene rings is 1. The summed E-state index contributed by atoms with van der Waals surface area (Å²) in [5.41, 5.74) is 0.280. The van der Waals surface area contributed by atoms with Crippen LogP contribution in [-0.4, -0.2) is 43.9 Å². The number of hydrogen-bond acceptors (Lipinski definition) is 5. The summed E-state index contributed by atoms with van der Waals surface area (Å²) in [5, 5.41) is 10.8. The molecular formula is C17H27N3O4S. The molecule has 2 rings (SSSR count). The molecule has 7 nitrogen and oxygen atoms in total. The van der Waals surface area contributed by atoms with E-state index in [-0.39, 0.29) is 16.6 Å². The summed E-state index contributed by atoms with van der Waals surface area (Å²) < 4.78 is 27.9. The summed E-state index contributed by atoms with van der Waals surface area (Å²) >= 11 is 0. The molecule has 0 aromatic heterocycles. The van der Waals surface area contributed by atoms with Crippen molar-refractivity contribution < 1.29 is 13.3 Å². The zero-order valence-corrected chi connectivity index (χ0v) is 15.7. The molecule has 1 unspecified atom stereocenters. The topological polar surface area (TPSA) is 92.6 Å². The highest BCUT2D eigenvalue weighted by atomic mass is 32.2. The lowest BCUT2D eigenvalue weighted by atomic mass is 10.0. The number of nitrogens with one attached hydrogen (secondary N) is 1. The van der Waals surface area contributed by atoms with Crippen molar-refractivity contribution in [2.75, 3.05) is 19.6 Å². The van der Waals surface area contributed by atoms with Crippen molar-refractivity contribution in [1.82, 2.24) is 9.62 Å². The molecule has 1 heterocycles. The first kappa shape index (κ1) is 19.8. The summed E-state index contributed by atoms with van der Waals surface area (Å²) in [7, 11) is -3.68. The summed E-state index contributed by atoms with van der Waals surface area (Å²) in [6.07, 6.45) is 5.51. The van der Waals surface area contributed by atoms with Crippen molar-refractivity contribution in [2.24, 2.45) is 0 Å². The molecule has 0 amide bonds. The van der Waals surface area contributed by atoms with E-state index in [0.717, 1.165) is 45.2 Å². The van der Waals surface area contributed by atoms with Gasteiger partial charge in [0.25, 0.3) is 5.69 Å². The van der Waals surface area contributed by atoms with E-state index in [1.807, 2.05) is 0 Å². The van der Waals surface area contributed by atoms with Crippen LogP contribution in [0.1, 0.15) is 44.6 Å². The van der Waals surface area contributed by atoms with Gasteiger partial charge in [-0.05, 0) is 50.9 Å². The van der Waals surface area contributed by atoms with E-state index < -0.39 is 14.9 Å². The Balaban J connectivity index is 2.06. The SMILES string of the molecule is CCCCN1CCCCC1CNS(=O)(=O)c1ccc([N+](=O)[O-])cc1C. The van der Waals surface area contributed by atoms with Crippen molar-refractivity contribution in [1.29, 1.82) is 0 Å². The Bertz CT molecular complexity index is 706. The number of unbranched alkanes of at least 4 members (excludes halogenated alkanes) is 1. The van der Waals surface area contributed by atoms with Gasteiger partial charge in [0.05, 0.1) is 9.82 Å². The minimum absolute atomic E-state index is 0.102. The third kappa shape index (κ3) is 5.23. The highest BCUT2D eigenvalue weighted by Crippen LogP contribution is 2.22. The number of piperidine rings is 1. The van der Waals surface area contributed by atoms with Crippen LogP contribution in [0, 0.1) is 17.0 Å². The van der Waals surface area contributed by atoms with Gasteiger partial charge in [0, 0.05) is 24.7 Å². The molecule has 1 aliphatic heterocycles. The predicted octanol–water partition coefficient (Wildman–Crippen LogP) is 2.84. The number of nitro groups is 1. The molecule has 1 aromatic carbocycles. The first-order chi connectivity index (χ1) is 11.8. The Morgan fingerprint density at radius 1 is 1.36 bits per heavy atom. The van der Waals surface area contributed by atoms with Gasteiger partial charge >= 0.3 is 0 Å². The zero-order chi connectivity index (χ0) is 18.4. The minimum Gasteiger partial charge on any atom is -0.299 e. The molecule has 0 radical (unpaired) electrons. The standard InChI is InChI=1S/C17H27N3O4S/c1-3-4-10-19-11-6-5-7-16(19)13-18-25(23,24)17-9-8-15(20(21)22)12-14(17)2/h8-9,12,16,18H,3-7,10-11,13H2,1-2H3. The van der Waals surface area contributed by atoms with E-state index in [4.69, 9.17) is 0 Å². The Hall–Kier alpha value is -1.51. The van der Waals surface area contributed by atoms with Gasteiger partial charge in [-0.1, -0.05) is 19.8 Å². The molecule has 0 saturated carbocycles. The number of rotatable bonds is 8. The summed E-state index contributed by atoms with van der Waals surface area (Å²) in [6.45, 7) is 6.12. The second-order valence-electron chi connectivity index (χ2n) is 6.60. The van der Waals surface area contributed by atoms with Gasteiger partial charge in [0.1, 0.15) is 0 Å². The number of nitro benzene ring substituents is 1. The molecule has 0 aliphatic carbocycles. The zero-order valence-electron chi connectivity index (χ0n) is 14.9. The number of hydrogen-bond donors (Lipinski definition) is 1. The smallest absolute Gasteiger partial charge is 0.269 e. The second-order valence-corrected chi connectivity index (χ2v) is 8.33. The van der Waals surface area contributed by atoms with Crippen LogP contribution in [-0.2, 0) is 10.0 Å². The first-order valence-corrected chi connectivity index (χ1v) is 10.3. The van der Waals surface area contributed by atoms with E-state index in [2.05, 4.69) is 16.5 Å². The summed E-state index contributed by atoms with van der Waals surface area (Å²) in [4.78, 5) is 12.8. The lowest BCUT2D eigenvalue weighted by Crippen LogP contribution is -2.47. The normalized spacial score (nSPS) is 19.0. The van der Waals surface area contributed by atoms with Crippen LogP contribution in [0.15, 0.2) is 23.1 Å². The highest BCUT2D eigenvalue weighted by molar-refractivity contribution is 7.89. The van der Waals surface area contributed by atoms with Crippen LogP contribution in [0.3, 0.4) is 0 Å². The number of aryl methyl sites for hydroxylation is 1. The predicted molar refractivity (Wildman–Crippen MR) is 97.1 cm³/mol. The lowest BCUT2D eigenvalue weighted by molar-refractivity contribution is -0.385. The molecule has 1 aromatic rings. The van der Waals surface area contributed by atoms with Crippen molar-refractivity contribution in [3.63, 3.8) is 0 Å². The van der Waals surface area contributed by atoms with Crippen molar-refractivity contribution in [3.05, 3.63) is 33.9 Å². The minimum atomic E-state index is -3.68. The number of nitrogens with zero attached hydrogens (tertiary/aromatic N) is 2. The summed E-state index contributed by atoms with van der Waals surface area (Å²) in [6, 6.07) is 4.05. The maximum Gasteiger partial charge on any atom is 0.269 e. The monoisotopic (exact) mass is 369 g/mol. The van der Waals surface area contributed by atoms with Gasteiger partial charge in [-0.15, -0.1) is 0 Å². The van der Waals surface area contributed by atoms with Crippen molar-refractivity contribution in [2.45, 2.75) is 56.9 Å². The van der Waals surface area contributed by atoms with E-state index in [1.165, 1.54) is 18.2 Å². The number of non-ortho nitro benzene ring substituents is 1. The van der Waals surface area contributed by atoms with Crippen LogP contribution in [0.2, 0.25) is 0 Å². The van der Waals surface area contributed by atoms with E-state index in [1.54, 1.807) is 6.92 Å². The highest BCUT2D eigenvalue weighted by Gasteiger charge is 2.25. The Kier molecular flexibility index (Phi) is 6.92. The third-order valence-electron chi connectivity index (χ3n) is 4.72. The molecule has 1 aliphatic rings. The molecule has 8 heteroatoms. The molecule has 140 valence electrons. The van der Waals surface area contributed by atoms with Crippen LogP contribution >= 0.6 is 0 Å². The van der Waals surface area contributed by atoms with E-state index in [9.17, 15) is 18.5 Å². The fourth-order valence-corrected chi connectivity index (χ4v) is 4.58. The quantitative estimate of drug-likeness (QED) is 0.562. The molecule has 0 spiro atoms. The Labute approximate surface area is 149 Å². The van der Waals surface area contributed by atoms with E-state index >= 15 is 0 Å². The van der Waals surface area contributed by atoms with Gasteiger partial charge in [-0.25, -0.2) is 13.1 Å².